The van der Waals surface area contributed by atoms with E-state index in [1.54, 1.807) is 11.3 Å². The summed E-state index contributed by atoms with van der Waals surface area (Å²) in [7, 11) is 0. The monoisotopic (exact) mass is 205 g/mol. The van der Waals surface area contributed by atoms with Crippen molar-refractivity contribution in [2.75, 3.05) is 6.54 Å². The van der Waals surface area contributed by atoms with Crippen LogP contribution in [-0.4, -0.2) is 13.0 Å². The molecule has 0 aliphatic carbocycles. The second kappa shape index (κ2) is 5.29. The summed E-state index contributed by atoms with van der Waals surface area (Å²) in [5, 5.41) is 4.79. The lowest BCUT2D eigenvalue weighted by Crippen LogP contribution is -2.25. The van der Waals surface area contributed by atoms with Crippen LogP contribution in [-0.2, 0) is 0 Å². The summed E-state index contributed by atoms with van der Waals surface area (Å²) >= 11 is 1.60. The molecule has 1 aromatic rings. The maximum Gasteiger partial charge on any atom is 0.250 e. The maximum atomic E-state index is 11.9. The van der Waals surface area contributed by atoms with Crippen molar-refractivity contribution in [1.82, 2.24) is 5.32 Å². The van der Waals surface area contributed by atoms with Crippen LogP contribution in [0.15, 0.2) is 17.5 Å². The van der Waals surface area contributed by atoms with Gasteiger partial charge < -0.3 is 5.32 Å². The summed E-state index contributed by atoms with van der Waals surface area (Å²) in [4.78, 5) is 1.13. The molecule has 0 spiro atoms. The summed E-state index contributed by atoms with van der Waals surface area (Å²) in [6.07, 6.45) is -1.43. The smallest absolute Gasteiger partial charge is 0.250 e. The molecular weight excluding hydrogens is 192 g/mol. The fourth-order valence-electron chi connectivity index (χ4n) is 1.17. The summed E-state index contributed by atoms with van der Waals surface area (Å²) in [5.41, 5.74) is 0. The highest BCUT2D eigenvalue weighted by atomic mass is 32.1. The zero-order chi connectivity index (χ0) is 9.68. The maximum absolute atomic E-state index is 11.9. The van der Waals surface area contributed by atoms with Crippen LogP contribution in [0.4, 0.5) is 8.78 Å². The highest BCUT2D eigenvalue weighted by molar-refractivity contribution is 7.10. The van der Waals surface area contributed by atoms with Crippen molar-refractivity contribution >= 4 is 11.3 Å². The van der Waals surface area contributed by atoms with Crippen molar-refractivity contribution < 1.29 is 8.78 Å². The first-order valence-corrected chi connectivity index (χ1v) is 5.17. The van der Waals surface area contributed by atoms with E-state index in [1.807, 2.05) is 24.4 Å². The molecule has 0 amide bonds. The van der Waals surface area contributed by atoms with Crippen LogP contribution in [0.2, 0.25) is 0 Å². The van der Waals surface area contributed by atoms with Crippen molar-refractivity contribution in [3.63, 3.8) is 0 Å². The van der Waals surface area contributed by atoms with Crippen molar-refractivity contribution in [3.05, 3.63) is 22.4 Å². The molecule has 74 valence electrons. The van der Waals surface area contributed by atoms with Crippen LogP contribution >= 0.6 is 11.3 Å². The van der Waals surface area contributed by atoms with Gasteiger partial charge in [-0.25, -0.2) is 8.78 Å². The lowest BCUT2D eigenvalue weighted by molar-refractivity contribution is 0.141. The van der Waals surface area contributed by atoms with Gasteiger partial charge in [0.1, 0.15) is 0 Å². The number of hydrogen-bond acceptors (Lipinski definition) is 2. The topological polar surface area (TPSA) is 12.0 Å². The number of halogens is 2. The first kappa shape index (κ1) is 10.6. The van der Waals surface area contributed by atoms with Gasteiger partial charge >= 0.3 is 0 Å². The molecule has 1 nitrogen and oxygen atoms in total. The van der Waals surface area contributed by atoms with Gasteiger partial charge in [0, 0.05) is 10.9 Å². The number of rotatable bonds is 5. The van der Waals surface area contributed by atoms with Gasteiger partial charge in [0.05, 0.1) is 6.54 Å². The van der Waals surface area contributed by atoms with Crippen LogP contribution in [0.1, 0.15) is 24.3 Å². The Morgan fingerprint density at radius 2 is 2.31 bits per heavy atom. The fraction of sp³-hybridized carbons (Fsp3) is 0.556. The minimum atomic E-state index is -2.27. The van der Waals surface area contributed by atoms with Gasteiger partial charge in [-0.2, -0.15) is 0 Å². The summed E-state index contributed by atoms with van der Waals surface area (Å²) in [6.45, 7) is 1.76. The molecule has 0 saturated heterocycles. The zero-order valence-corrected chi connectivity index (χ0v) is 8.28. The van der Waals surface area contributed by atoms with Gasteiger partial charge in [-0.05, 0) is 17.9 Å². The minimum absolute atomic E-state index is 0.0778. The van der Waals surface area contributed by atoms with Crippen molar-refractivity contribution in [2.24, 2.45) is 0 Å². The third kappa shape index (κ3) is 3.40. The summed E-state index contributed by atoms with van der Waals surface area (Å²) in [5.74, 6) is 0. The standard InChI is InChI=1S/C9H13F2NS/c1-2-7(12-6-9(10)11)8-4-3-5-13-8/h3-5,7,9,12H,2,6H2,1H3. The van der Waals surface area contributed by atoms with Crippen LogP contribution < -0.4 is 5.32 Å². The molecule has 1 atom stereocenters. The van der Waals surface area contributed by atoms with E-state index in [9.17, 15) is 8.78 Å². The summed E-state index contributed by atoms with van der Waals surface area (Å²) in [6, 6.07) is 3.98. The Morgan fingerprint density at radius 3 is 2.77 bits per heavy atom. The van der Waals surface area contributed by atoms with E-state index in [0.29, 0.717) is 0 Å². The first-order chi connectivity index (χ1) is 6.24. The van der Waals surface area contributed by atoms with Gasteiger partial charge in [0.2, 0.25) is 0 Å². The molecule has 13 heavy (non-hydrogen) atoms. The number of nitrogens with one attached hydrogen (secondary N) is 1. The Morgan fingerprint density at radius 1 is 1.54 bits per heavy atom. The third-order valence-corrected chi connectivity index (χ3v) is 2.80. The lowest BCUT2D eigenvalue weighted by Gasteiger charge is -2.14. The average molecular weight is 205 g/mol. The van der Waals surface area contributed by atoms with Gasteiger partial charge in [-0.15, -0.1) is 11.3 Å². The van der Waals surface area contributed by atoms with Crippen LogP contribution in [0, 0.1) is 0 Å². The van der Waals surface area contributed by atoms with E-state index in [4.69, 9.17) is 0 Å². The molecule has 0 aliphatic heterocycles. The SMILES string of the molecule is CCC(NCC(F)F)c1cccs1. The molecular formula is C9H13F2NS. The normalized spacial score (nSPS) is 13.5. The second-order valence-corrected chi connectivity index (χ2v) is 3.75. The predicted molar refractivity (Wildman–Crippen MR) is 51.4 cm³/mol. The highest BCUT2D eigenvalue weighted by Crippen LogP contribution is 2.21. The molecule has 0 saturated carbocycles. The molecule has 0 radical (unpaired) electrons. The van der Waals surface area contributed by atoms with E-state index in [2.05, 4.69) is 5.32 Å². The van der Waals surface area contributed by atoms with Crippen LogP contribution in [0.3, 0.4) is 0 Å². The van der Waals surface area contributed by atoms with Gasteiger partial charge in [0.15, 0.2) is 0 Å². The molecule has 0 bridgehead atoms. The van der Waals surface area contributed by atoms with Gasteiger partial charge in [-0.3, -0.25) is 0 Å². The molecule has 1 heterocycles. The zero-order valence-electron chi connectivity index (χ0n) is 7.47. The van der Waals surface area contributed by atoms with Crippen molar-refractivity contribution in [1.29, 1.82) is 0 Å². The fourth-order valence-corrected chi connectivity index (χ4v) is 2.05. The van der Waals surface area contributed by atoms with Crippen LogP contribution in [0.5, 0.6) is 0 Å². The van der Waals surface area contributed by atoms with Crippen molar-refractivity contribution in [2.45, 2.75) is 25.8 Å². The molecule has 0 fully saturated rings. The average Bonchev–Trinajstić information content (AvgIpc) is 2.58. The Bertz CT molecular complexity index is 224. The molecule has 1 rings (SSSR count). The van der Waals surface area contributed by atoms with E-state index in [1.165, 1.54) is 0 Å². The Balaban J connectivity index is 2.44. The van der Waals surface area contributed by atoms with E-state index in [0.717, 1.165) is 11.3 Å². The summed E-state index contributed by atoms with van der Waals surface area (Å²) < 4.78 is 23.8. The lowest BCUT2D eigenvalue weighted by atomic mass is 10.2. The Kier molecular flexibility index (Phi) is 4.32. The molecule has 4 heteroatoms. The largest absolute Gasteiger partial charge is 0.304 e. The predicted octanol–water partition coefficient (Wildman–Crippen LogP) is 3.05. The number of alkyl halides is 2. The van der Waals surface area contributed by atoms with Gasteiger partial charge in [-0.1, -0.05) is 13.0 Å². The van der Waals surface area contributed by atoms with Crippen molar-refractivity contribution in [3.8, 4) is 0 Å². The molecule has 1 aromatic heterocycles. The van der Waals surface area contributed by atoms with Crippen LogP contribution in [0.25, 0.3) is 0 Å². The molecule has 1 N–H and O–H groups in total. The highest BCUT2D eigenvalue weighted by Gasteiger charge is 2.11. The Labute approximate surface area is 80.8 Å². The first-order valence-electron chi connectivity index (χ1n) is 4.29. The Hall–Kier alpha value is -0.480. The van der Waals surface area contributed by atoms with E-state index in [-0.39, 0.29) is 12.6 Å². The second-order valence-electron chi connectivity index (χ2n) is 2.78. The van der Waals surface area contributed by atoms with E-state index < -0.39 is 6.43 Å². The molecule has 0 aromatic carbocycles. The number of hydrogen-bond donors (Lipinski definition) is 1. The number of thiophene rings is 1. The van der Waals surface area contributed by atoms with E-state index >= 15 is 0 Å². The van der Waals surface area contributed by atoms with Gasteiger partial charge in [0.25, 0.3) is 6.43 Å². The third-order valence-electron chi connectivity index (χ3n) is 1.81. The quantitative estimate of drug-likeness (QED) is 0.779. The molecule has 0 aliphatic rings. The minimum Gasteiger partial charge on any atom is -0.304 e. The molecule has 1 unspecified atom stereocenters.